The molecule has 57 heavy (non-hydrogen) atoms. The third-order valence-electron chi connectivity index (χ3n) is 10.1. The van der Waals surface area contributed by atoms with Gasteiger partial charge in [0.15, 0.2) is 29.7 Å². The summed E-state index contributed by atoms with van der Waals surface area (Å²) in [5.41, 5.74) is 0.259. The monoisotopic (exact) mass is 819 g/mol. The smallest absolute Gasteiger partial charge is 0.270 e. The maximum atomic E-state index is 11.3. The maximum Gasteiger partial charge on any atom is 0.270 e. The molecular weight excluding hydrogens is 772 g/mol. The van der Waals surface area contributed by atoms with Gasteiger partial charge in [-0.3, -0.25) is 0 Å². The highest BCUT2D eigenvalue weighted by Gasteiger charge is 2.53. The van der Waals surface area contributed by atoms with Crippen LogP contribution >= 0.6 is 0 Å². The van der Waals surface area contributed by atoms with Gasteiger partial charge in [-0.2, -0.15) is 0 Å². The molecule has 0 aromatic heterocycles. The van der Waals surface area contributed by atoms with E-state index in [1.165, 1.54) is 38.5 Å². The number of phenolic OH excluding ortho intramolecular Hbond substituents is 2. The third kappa shape index (κ3) is 8.25. The first-order chi connectivity index (χ1) is 27.1. The first-order valence-corrected chi connectivity index (χ1v) is 17.6. The largest absolute Gasteiger partial charge is 0.571 e. The van der Waals surface area contributed by atoms with E-state index in [2.05, 4.69) is 0 Å². The highest BCUT2D eigenvalue weighted by atomic mass is 16.8. The van der Waals surface area contributed by atoms with Crippen molar-refractivity contribution in [2.75, 3.05) is 34.0 Å². The van der Waals surface area contributed by atoms with Crippen molar-refractivity contribution in [1.82, 2.24) is 0 Å². The van der Waals surface area contributed by atoms with Gasteiger partial charge in [-0.25, -0.2) is 0 Å². The van der Waals surface area contributed by atoms with E-state index in [0.29, 0.717) is 0 Å². The number of benzene rings is 2. The number of phenols is 2. The van der Waals surface area contributed by atoms with Crippen LogP contribution in [0.25, 0.3) is 6.08 Å². The topological polar surface area (TPSA) is 350 Å². The lowest BCUT2D eigenvalue weighted by Crippen LogP contribution is -2.64. The molecule has 0 bridgehead atoms. The lowest BCUT2D eigenvalue weighted by Gasteiger charge is -2.46. The van der Waals surface area contributed by atoms with Crippen LogP contribution < -0.4 is 14.2 Å². The van der Waals surface area contributed by atoms with Crippen molar-refractivity contribution in [3.63, 3.8) is 0 Å². The van der Waals surface area contributed by atoms with E-state index in [1.54, 1.807) is 0 Å². The molecule has 1 unspecified atom stereocenters. The van der Waals surface area contributed by atoms with Gasteiger partial charge in [0, 0.05) is 12.1 Å². The highest BCUT2D eigenvalue weighted by Crippen LogP contribution is 2.49. The second-order valence-corrected chi connectivity index (χ2v) is 13.7. The van der Waals surface area contributed by atoms with E-state index in [-0.39, 0.29) is 45.6 Å². The molecule has 22 heteroatoms. The molecule has 0 radical (unpaired) electrons. The molecule has 3 saturated heterocycles. The van der Waals surface area contributed by atoms with Gasteiger partial charge in [0.2, 0.25) is 18.3 Å². The summed E-state index contributed by atoms with van der Waals surface area (Å²) >= 11 is 0. The van der Waals surface area contributed by atoms with Crippen molar-refractivity contribution >= 4 is 6.08 Å². The van der Waals surface area contributed by atoms with E-state index in [9.17, 15) is 66.4 Å². The SMILES string of the molecule is COc1cc(C2[OH+]c3cc(O)cc(O[C@@H]4O[C@H](CO)[C@@H](O)[C@H](O)[C@@H]4O)c3C=C2O[C@@H]2O[C@H](CO)[C@@H](O)[C@@H](O)[C@H]2O[C@@H]2O[C@H](CO)[C@@H](O)[C@H](O)[C@H]2O)cc(OC)c1O. The molecule has 0 spiro atoms. The van der Waals surface area contributed by atoms with Crippen molar-refractivity contribution in [3.8, 4) is 34.5 Å². The summed E-state index contributed by atoms with van der Waals surface area (Å²) in [6.07, 6.45) is -26.2. The normalized spacial score (nSPS) is 38.0. The van der Waals surface area contributed by atoms with Crippen LogP contribution in [0.1, 0.15) is 17.2 Å². The molecule has 2 aromatic rings. The standard InChI is InChI=1S/C35H46O22/c1-49-16-3-11(4-17(50-2)22(16)40)31-18(7-13-14(51-31)5-12(39)6-15(13)52-33-29(47)26(44)23(41)19(8-36)54-33)53-35-32(28(46)25(43)21(10-38)56-35)57-34-30(48)27(45)24(42)20(9-37)55-34/h3-7,19-21,23-48H,8-10H2,1-2H3/p+1/t19-,20-,21-,23-,24-,25-,26+,27+,28-,29+,30-,31?,32-,33-,34+,35-/m1/s1. The fourth-order valence-electron chi connectivity index (χ4n) is 6.83. The van der Waals surface area contributed by atoms with Crippen LogP contribution in [-0.4, -0.2) is 197 Å². The Morgan fingerprint density at radius 3 is 1.63 bits per heavy atom. The van der Waals surface area contributed by atoms with E-state index in [0.717, 1.165) is 6.07 Å². The second kappa shape index (κ2) is 17.6. The fraction of sp³-hybridized carbons (Fsp3) is 0.600. The summed E-state index contributed by atoms with van der Waals surface area (Å²) in [4.78, 5) is 0. The molecule has 16 atom stereocenters. The van der Waals surface area contributed by atoms with Crippen LogP contribution in [0, 0.1) is 0 Å². The first-order valence-electron chi connectivity index (χ1n) is 17.6. The van der Waals surface area contributed by atoms with E-state index in [4.69, 9.17) is 42.6 Å². The Labute approximate surface area is 323 Å². The molecule has 14 N–H and O–H groups in total. The number of aliphatic hydroxyl groups is 12. The number of aliphatic hydroxyl groups excluding tert-OH is 11. The molecule has 4 heterocycles. The van der Waals surface area contributed by atoms with E-state index >= 15 is 0 Å². The van der Waals surface area contributed by atoms with Gasteiger partial charge in [-0.1, -0.05) is 0 Å². The molecule has 6 rings (SSSR count). The van der Waals surface area contributed by atoms with Gasteiger partial charge >= 0.3 is 0 Å². The number of hydrogen-bond acceptors (Lipinski definition) is 21. The Morgan fingerprint density at radius 1 is 0.579 bits per heavy atom. The summed E-state index contributed by atoms with van der Waals surface area (Å²) in [5, 5.41) is 136. The molecule has 3 fully saturated rings. The first kappa shape index (κ1) is 42.8. The fourth-order valence-corrected chi connectivity index (χ4v) is 6.83. The number of fused-ring (bicyclic) bond motifs is 1. The second-order valence-electron chi connectivity index (χ2n) is 13.7. The molecule has 4 aliphatic rings. The number of aromatic hydroxyl groups is 3. The molecule has 0 saturated carbocycles. The predicted molar refractivity (Wildman–Crippen MR) is 184 cm³/mol. The van der Waals surface area contributed by atoms with Crippen LogP contribution in [0.3, 0.4) is 0 Å². The molecule has 0 aliphatic carbocycles. The van der Waals surface area contributed by atoms with Crippen LogP contribution in [0.4, 0.5) is 0 Å². The summed E-state index contributed by atoms with van der Waals surface area (Å²) < 4.78 is 50.2. The predicted octanol–water partition coefficient (Wildman–Crippen LogP) is -4.73. The minimum Gasteiger partial charge on any atom is -0.571 e. The van der Waals surface area contributed by atoms with Crippen molar-refractivity contribution in [2.24, 2.45) is 0 Å². The zero-order chi connectivity index (χ0) is 41.5. The Kier molecular flexibility index (Phi) is 13.2. The quantitative estimate of drug-likeness (QED) is 0.0895. The zero-order valence-electron chi connectivity index (χ0n) is 30.3. The van der Waals surface area contributed by atoms with Gasteiger partial charge in [-0.05, 0) is 12.1 Å². The average Bonchev–Trinajstić information content (AvgIpc) is 3.20. The van der Waals surface area contributed by atoms with Crippen LogP contribution in [-0.2, 0) is 23.7 Å². The van der Waals surface area contributed by atoms with Crippen LogP contribution in [0.5, 0.6) is 34.5 Å². The lowest BCUT2D eigenvalue weighted by molar-refractivity contribution is -0.364. The highest BCUT2D eigenvalue weighted by molar-refractivity contribution is 5.70. The Bertz CT molecular complexity index is 1700. The number of rotatable bonds is 12. The van der Waals surface area contributed by atoms with Crippen molar-refractivity contribution < 1.29 is 109 Å². The Hall–Kier alpha value is -3.82. The summed E-state index contributed by atoms with van der Waals surface area (Å²) in [6.45, 7) is -2.43. The molecule has 0 amide bonds. The number of ether oxygens (including phenoxy) is 9. The van der Waals surface area contributed by atoms with Crippen molar-refractivity contribution in [1.29, 1.82) is 0 Å². The average molecular weight is 820 g/mol. The molecule has 318 valence electrons. The van der Waals surface area contributed by atoms with Crippen molar-refractivity contribution in [2.45, 2.75) is 98.2 Å². The van der Waals surface area contributed by atoms with Crippen LogP contribution in [0.15, 0.2) is 30.0 Å². The Balaban J connectivity index is 1.43. The minimum atomic E-state index is -1.96. The third-order valence-corrected chi connectivity index (χ3v) is 10.1. The summed E-state index contributed by atoms with van der Waals surface area (Å²) in [5.74, 6) is -1.30. The minimum absolute atomic E-state index is 0.0281. The van der Waals surface area contributed by atoms with Gasteiger partial charge in [0.1, 0.15) is 84.2 Å². The number of hydrogen-bond donors (Lipinski definition) is 13. The lowest BCUT2D eigenvalue weighted by atomic mass is 9.97. The maximum absolute atomic E-state index is 11.3. The van der Waals surface area contributed by atoms with Gasteiger partial charge in [0.05, 0.1) is 45.7 Å². The molecule has 22 nitrogen and oxygen atoms in total. The molecule has 4 aliphatic heterocycles. The summed E-state index contributed by atoms with van der Waals surface area (Å²) in [6, 6.07) is 5.08. The van der Waals surface area contributed by atoms with Gasteiger partial charge in [0.25, 0.3) is 11.9 Å². The number of methoxy groups -OCH3 is 2. The molecular formula is C35H47O22+. The van der Waals surface area contributed by atoms with E-state index < -0.39 is 124 Å². The van der Waals surface area contributed by atoms with Gasteiger partial charge < -0.3 is 109 Å². The molecule has 2 aromatic carbocycles. The zero-order valence-corrected chi connectivity index (χ0v) is 30.3. The van der Waals surface area contributed by atoms with Gasteiger partial charge in [-0.15, -0.1) is 0 Å². The van der Waals surface area contributed by atoms with E-state index in [1.807, 2.05) is 0 Å². The summed E-state index contributed by atoms with van der Waals surface area (Å²) in [7, 11) is 2.55. The Morgan fingerprint density at radius 2 is 1.09 bits per heavy atom. The van der Waals surface area contributed by atoms with Crippen molar-refractivity contribution in [3.05, 3.63) is 41.2 Å². The van der Waals surface area contributed by atoms with Crippen LogP contribution in [0.2, 0.25) is 0 Å².